The van der Waals surface area contributed by atoms with Gasteiger partial charge in [0, 0.05) is 11.8 Å². The largest absolute Gasteiger partial charge is 0.477 e. The fourth-order valence-electron chi connectivity index (χ4n) is 1.76. The van der Waals surface area contributed by atoms with E-state index in [4.69, 9.17) is 5.11 Å². The highest BCUT2D eigenvalue weighted by atomic mass is 19.1. The second-order valence-corrected chi connectivity index (χ2v) is 4.27. The van der Waals surface area contributed by atoms with Crippen LogP contribution in [0.4, 0.5) is 21.6 Å². The molecule has 0 atom stereocenters. The molecular formula is C13H10FN3O4. The van der Waals surface area contributed by atoms with Crippen LogP contribution in [0, 0.1) is 22.9 Å². The van der Waals surface area contributed by atoms with Crippen molar-refractivity contribution in [2.75, 3.05) is 5.32 Å². The number of nitrogens with one attached hydrogen (secondary N) is 1. The lowest BCUT2D eigenvalue weighted by atomic mass is 10.2. The molecule has 0 aliphatic rings. The van der Waals surface area contributed by atoms with E-state index >= 15 is 0 Å². The molecule has 0 aliphatic carbocycles. The van der Waals surface area contributed by atoms with Gasteiger partial charge in [-0.15, -0.1) is 0 Å². The molecule has 8 heteroatoms. The summed E-state index contributed by atoms with van der Waals surface area (Å²) in [6.45, 7) is 1.66. The molecule has 0 saturated heterocycles. The van der Waals surface area contributed by atoms with Crippen molar-refractivity contribution in [2.45, 2.75) is 6.92 Å². The summed E-state index contributed by atoms with van der Waals surface area (Å²) in [5.41, 5.74) is 0.0957. The van der Waals surface area contributed by atoms with Gasteiger partial charge >= 0.3 is 11.7 Å². The predicted molar refractivity (Wildman–Crippen MR) is 72.3 cm³/mol. The Balaban J connectivity index is 2.47. The molecule has 2 aromatic rings. The number of aromatic nitrogens is 1. The molecule has 0 unspecified atom stereocenters. The van der Waals surface area contributed by atoms with Crippen LogP contribution in [0.3, 0.4) is 0 Å². The summed E-state index contributed by atoms with van der Waals surface area (Å²) < 4.78 is 13.3. The maximum atomic E-state index is 13.3. The fraction of sp³-hybridized carbons (Fsp3) is 0.0769. The maximum Gasteiger partial charge on any atom is 0.354 e. The summed E-state index contributed by atoms with van der Waals surface area (Å²) in [6.07, 6.45) is 0. The maximum absolute atomic E-state index is 13.3. The minimum absolute atomic E-state index is 0.241. The van der Waals surface area contributed by atoms with Gasteiger partial charge < -0.3 is 10.4 Å². The number of anilines is 2. The lowest BCUT2D eigenvalue weighted by Crippen LogP contribution is -2.06. The number of hydrogen-bond acceptors (Lipinski definition) is 5. The third-order valence-corrected chi connectivity index (χ3v) is 2.59. The Hall–Kier alpha value is -3.03. The lowest BCUT2D eigenvalue weighted by molar-refractivity contribution is -0.384. The lowest BCUT2D eigenvalue weighted by Gasteiger charge is -2.08. The van der Waals surface area contributed by atoms with E-state index < -0.39 is 22.4 Å². The van der Waals surface area contributed by atoms with Crippen molar-refractivity contribution in [3.63, 3.8) is 0 Å². The van der Waals surface area contributed by atoms with Crippen LogP contribution in [-0.2, 0) is 0 Å². The van der Waals surface area contributed by atoms with Gasteiger partial charge in [-0.2, -0.15) is 0 Å². The SMILES string of the molecule is Cc1cc(F)cc(Nc2nc(C(=O)O)ccc2[N+](=O)[O-])c1. The zero-order chi connectivity index (χ0) is 15.6. The van der Waals surface area contributed by atoms with Gasteiger partial charge in [-0.1, -0.05) is 0 Å². The van der Waals surface area contributed by atoms with Crippen molar-refractivity contribution < 1.29 is 19.2 Å². The molecule has 0 fully saturated rings. The zero-order valence-electron chi connectivity index (χ0n) is 10.8. The van der Waals surface area contributed by atoms with E-state index in [1.807, 2.05) is 0 Å². The average molecular weight is 291 g/mol. The number of nitro groups is 1. The van der Waals surface area contributed by atoms with E-state index in [0.717, 1.165) is 18.2 Å². The normalized spacial score (nSPS) is 10.2. The summed E-state index contributed by atoms with van der Waals surface area (Å²) in [5.74, 6) is -2.09. The number of aromatic carboxylic acids is 1. The third kappa shape index (κ3) is 3.30. The smallest absolute Gasteiger partial charge is 0.354 e. The second kappa shape index (κ2) is 5.53. The average Bonchev–Trinajstić information content (AvgIpc) is 2.36. The molecule has 1 aromatic heterocycles. The van der Waals surface area contributed by atoms with Crippen LogP contribution in [0.25, 0.3) is 0 Å². The Morgan fingerprint density at radius 1 is 1.38 bits per heavy atom. The van der Waals surface area contributed by atoms with Crippen molar-refractivity contribution in [2.24, 2.45) is 0 Å². The first kappa shape index (κ1) is 14.4. The number of hydrogen-bond donors (Lipinski definition) is 2. The van der Waals surface area contributed by atoms with Crippen molar-refractivity contribution in [1.82, 2.24) is 4.98 Å². The summed E-state index contributed by atoms with van der Waals surface area (Å²) >= 11 is 0. The fourth-order valence-corrected chi connectivity index (χ4v) is 1.76. The number of rotatable bonds is 4. The number of nitrogens with zero attached hydrogens (tertiary/aromatic N) is 2. The summed E-state index contributed by atoms with van der Waals surface area (Å²) in [6, 6.07) is 6.04. The van der Waals surface area contributed by atoms with E-state index in [-0.39, 0.29) is 17.2 Å². The molecule has 0 amide bonds. The standard InChI is InChI=1S/C13H10FN3O4/c1-7-4-8(14)6-9(5-7)15-12-11(17(20)21)3-2-10(16-12)13(18)19/h2-6H,1H3,(H,15,16)(H,18,19). The van der Waals surface area contributed by atoms with Crippen LogP contribution in [0.5, 0.6) is 0 Å². The van der Waals surface area contributed by atoms with Crippen molar-refractivity contribution >= 4 is 23.2 Å². The first-order valence-corrected chi connectivity index (χ1v) is 5.80. The molecule has 1 aromatic carbocycles. The molecule has 2 N–H and O–H groups in total. The summed E-state index contributed by atoms with van der Waals surface area (Å²) in [4.78, 5) is 24.8. The van der Waals surface area contributed by atoms with Gasteiger partial charge in [-0.05, 0) is 36.8 Å². The van der Waals surface area contributed by atoms with E-state index in [0.29, 0.717) is 5.56 Å². The van der Waals surface area contributed by atoms with Crippen LogP contribution in [0.15, 0.2) is 30.3 Å². The molecule has 0 radical (unpaired) electrons. The first-order valence-electron chi connectivity index (χ1n) is 5.80. The quantitative estimate of drug-likeness (QED) is 0.662. The zero-order valence-corrected chi connectivity index (χ0v) is 10.8. The number of carboxylic acid groups (broad SMARTS) is 1. The predicted octanol–water partition coefficient (Wildman–Crippen LogP) is 2.88. The Morgan fingerprint density at radius 3 is 2.67 bits per heavy atom. The highest BCUT2D eigenvalue weighted by Crippen LogP contribution is 2.26. The van der Waals surface area contributed by atoms with Gasteiger partial charge in [0.15, 0.2) is 5.69 Å². The summed E-state index contributed by atoms with van der Waals surface area (Å²) in [7, 11) is 0. The molecule has 21 heavy (non-hydrogen) atoms. The number of benzene rings is 1. The molecule has 0 saturated carbocycles. The van der Waals surface area contributed by atoms with Crippen molar-refractivity contribution in [1.29, 1.82) is 0 Å². The molecular weight excluding hydrogens is 281 g/mol. The van der Waals surface area contributed by atoms with E-state index in [1.165, 1.54) is 6.07 Å². The van der Waals surface area contributed by atoms with Gasteiger partial charge in [0.05, 0.1) is 4.92 Å². The number of halogens is 1. The first-order chi connectivity index (χ1) is 9.86. The number of carboxylic acids is 1. The highest BCUT2D eigenvalue weighted by molar-refractivity contribution is 5.86. The molecule has 7 nitrogen and oxygen atoms in total. The number of pyridine rings is 1. The van der Waals surface area contributed by atoms with Gasteiger partial charge in [0.1, 0.15) is 5.82 Å². The molecule has 2 rings (SSSR count). The molecule has 0 bridgehead atoms. The molecule has 0 spiro atoms. The Labute approximate surface area is 118 Å². The Bertz CT molecular complexity index is 713. The van der Waals surface area contributed by atoms with Gasteiger partial charge in [0.2, 0.25) is 5.82 Å². The molecule has 0 aliphatic heterocycles. The number of carbonyl (C=O) groups is 1. The van der Waals surface area contributed by atoms with Crippen LogP contribution in [0.1, 0.15) is 16.1 Å². The number of aryl methyl sites for hydroxylation is 1. The van der Waals surface area contributed by atoms with Crippen molar-refractivity contribution in [3.8, 4) is 0 Å². The van der Waals surface area contributed by atoms with E-state index in [9.17, 15) is 19.3 Å². The van der Waals surface area contributed by atoms with Crippen LogP contribution in [-0.4, -0.2) is 21.0 Å². The van der Waals surface area contributed by atoms with Crippen molar-refractivity contribution in [3.05, 3.63) is 57.5 Å². The highest BCUT2D eigenvalue weighted by Gasteiger charge is 2.18. The van der Waals surface area contributed by atoms with Crippen LogP contribution >= 0.6 is 0 Å². The van der Waals surface area contributed by atoms with Gasteiger partial charge in [-0.25, -0.2) is 14.2 Å². The molecule has 1 heterocycles. The van der Waals surface area contributed by atoms with E-state index in [2.05, 4.69) is 10.3 Å². The monoisotopic (exact) mass is 291 g/mol. The minimum Gasteiger partial charge on any atom is -0.477 e. The Morgan fingerprint density at radius 2 is 2.10 bits per heavy atom. The van der Waals surface area contributed by atoms with Crippen LogP contribution < -0.4 is 5.32 Å². The second-order valence-electron chi connectivity index (χ2n) is 4.27. The van der Waals surface area contributed by atoms with Gasteiger partial charge in [0.25, 0.3) is 0 Å². The van der Waals surface area contributed by atoms with Crippen LogP contribution in [0.2, 0.25) is 0 Å². The summed E-state index contributed by atoms with van der Waals surface area (Å²) in [5, 5.41) is 22.4. The molecule has 108 valence electrons. The van der Waals surface area contributed by atoms with Gasteiger partial charge in [-0.3, -0.25) is 10.1 Å². The van der Waals surface area contributed by atoms with E-state index in [1.54, 1.807) is 13.0 Å². The Kier molecular flexibility index (Phi) is 3.79. The minimum atomic E-state index is -1.32. The third-order valence-electron chi connectivity index (χ3n) is 2.59. The topological polar surface area (TPSA) is 105 Å².